The van der Waals surface area contributed by atoms with E-state index >= 15 is 0 Å². The number of hydrogen-bond acceptors (Lipinski definition) is 2. The van der Waals surface area contributed by atoms with E-state index in [1.807, 2.05) is 0 Å². The molecule has 0 aromatic heterocycles. The lowest BCUT2D eigenvalue weighted by Gasteiger charge is -2.16. The molecule has 0 aromatic rings. The predicted octanol–water partition coefficient (Wildman–Crippen LogP) is -0.139. The van der Waals surface area contributed by atoms with Crippen molar-refractivity contribution in [1.82, 2.24) is 10.6 Å². The molecule has 0 aliphatic carbocycles. The number of carboxylic acid groups (broad SMARTS) is 1. The predicted molar refractivity (Wildman–Crippen MR) is 32.8 cm³/mol. The second-order valence-corrected chi connectivity index (χ2v) is 2.39. The number of hydrogen-bond donors (Lipinski definition) is 3. The van der Waals surface area contributed by atoms with Gasteiger partial charge >= 0.3 is 6.09 Å². The fourth-order valence-corrected chi connectivity index (χ4v) is 0.961. The maximum absolute atomic E-state index is 12.6. The monoisotopic (exact) mass is 166 g/mol. The van der Waals surface area contributed by atoms with Crippen LogP contribution in [0.25, 0.3) is 0 Å². The van der Waals surface area contributed by atoms with E-state index in [0.29, 0.717) is 0 Å². The van der Waals surface area contributed by atoms with Crippen molar-refractivity contribution in [2.24, 2.45) is 0 Å². The van der Waals surface area contributed by atoms with Gasteiger partial charge in [0.25, 0.3) is 5.92 Å². The quantitative estimate of drug-likeness (QED) is 0.508. The summed E-state index contributed by atoms with van der Waals surface area (Å²) in [6, 6.07) is -1.29. The molecule has 1 unspecified atom stereocenters. The highest BCUT2D eigenvalue weighted by atomic mass is 19.3. The minimum absolute atomic E-state index is 0.0146. The fourth-order valence-electron chi connectivity index (χ4n) is 0.961. The molecule has 0 saturated carbocycles. The molecular formula is C5H8F2N2O2. The van der Waals surface area contributed by atoms with Crippen molar-refractivity contribution in [2.75, 3.05) is 13.1 Å². The first kappa shape index (κ1) is 8.19. The maximum Gasteiger partial charge on any atom is 0.405 e. The first-order valence-electron chi connectivity index (χ1n) is 3.10. The third-order valence-electron chi connectivity index (χ3n) is 1.52. The van der Waals surface area contributed by atoms with Crippen LogP contribution in [-0.2, 0) is 0 Å². The molecule has 1 heterocycles. The van der Waals surface area contributed by atoms with Crippen molar-refractivity contribution in [3.63, 3.8) is 0 Å². The van der Waals surface area contributed by atoms with Crippen LogP contribution in [0.3, 0.4) is 0 Å². The Kier molecular flexibility index (Phi) is 1.95. The van der Waals surface area contributed by atoms with Gasteiger partial charge < -0.3 is 15.7 Å². The molecule has 6 heteroatoms. The van der Waals surface area contributed by atoms with Crippen LogP contribution >= 0.6 is 0 Å². The van der Waals surface area contributed by atoms with E-state index in [9.17, 15) is 13.6 Å². The molecule has 0 aromatic carbocycles. The van der Waals surface area contributed by atoms with Crippen molar-refractivity contribution in [3.05, 3.63) is 0 Å². The number of nitrogens with one attached hydrogen (secondary N) is 2. The van der Waals surface area contributed by atoms with Gasteiger partial charge in [0.05, 0.1) is 6.54 Å². The first-order chi connectivity index (χ1) is 5.02. The van der Waals surface area contributed by atoms with Gasteiger partial charge in [0.1, 0.15) is 6.04 Å². The van der Waals surface area contributed by atoms with Gasteiger partial charge in [0.15, 0.2) is 0 Å². The molecule has 11 heavy (non-hydrogen) atoms. The van der Waals surface area contributed by atoms with Crippen molar-refractivity contribution >= 4 is 6.09 Å². The highest BCUT2D eigenvalue weighted by molar-refractivity contribution is 5.65. The lowest BCUT2D eigenvalue weighted by molar-refractivity contribution is -0.00211. The van der Waals surface area contributed by atoms with Crippen molar-refractivity contribution < 1.29 is 18.7 Å². The van der Waals surface area contributed by atoms with Crippen molar-refractivity contribution in [3.8, 4) is 0 Å². The van der Waals surface area contributed by atoms with Crippen molar-refractivity contribution in [2.45, 2.75) is 12.0 Å². The SMILES string of the molecule is O=C(O)NC1CNCC1(F)F. The van der Waals surface area contributed by atoms with Crippen LogP contribution in [0.5, 0.6) is 0 Å². The fraction of sp³-hybridized carbons (Fsp3) is 0.800. The Bertz CT molecular complexity index is 174. The average molecular weight is 166 g/mol. The van der Waals surface area contributed by atoms with Crippen LogP contribution in [0.4, 0.5) is 13.6 Å². The Balaban J connectivity index is 2.51. The second-order valence-electron chi connectivity index (χ2n) is 2.39. The molecular weight excluding hydrogens is 158 g/mol. The molecule has 0 bridgehead atoms. The lowest BCUT2D eigenvalue weighted by Crippen LogP contribution is -2.46. The van der Waals surface area contributed by atoms with E-state index in [0.717, 1.165) is 0 Å². The third kappa shape index (κ3) is 1.76. The van der Waals surface area contributed by atoms with E-state index in [4.69, 9.17) is 5.11 Å². The van der Waals surface area contributed by atoms with Crippen LogP contribution in [0.2, 0.25) is 0 Å². The summed E-state index contributed by atoms with van der Waals surface area (Å²) in [4.78, 5) is 9.97. The molecule has 3 N–H and O–H groups in total. The van der Waals surface area contributed by atoms with Crippen LogP contribution in [0, 0.1) is 0 Å². The summed E-state index contributed by atoms with van der Waals surface area (Å²) in [6.45, 7) is -0.475. The topological polar surface area (TPSA) is 61.4 Å². The van der Waals surface area contributed by atoms with Crippen LogP contribution < -0.4 is 10.6 Å². The summed E-state index contributed by atoms with van der Waals surface area (Å²) in [5.41, 5.74) is 0. The van der Waals surface area contributed by atoms with Crippen LogP contribution in [0.1, 0.15) is 0 Å². The van der Waals surface area contributed by atoms with E-state index < -0.39 is 24.6 Å². The van der Waals surface area contributed by atoms with Gasteiger partial charge in [-0.25, -0.2) is 13.6 Å². The van der Waals surface area contributed by atoms with Gasteiger partial charge in [-0.05, 0) is 0 Å². The Hall–Kier alpha value is -0.910. The number of carbonyl (C=O) groups is 1. The smallest absolute Gasteiger partial charge is 0.405 e. The summed E-state index contributed by atoms with van der Waals surface area (Å²) in [5, 5.41) is 12.3. The summed E-state index contributed by atoms with van der Waals surface area (Å²) >= 11 is 0. The summed E-state index contributed by atoms with van der Waals surface area (Å²) in [5.74, 6) is -2.96. The number of halogens is 2. The van der Waals surface area contributed by atoms with E-state index in [-0.39, 0.29) is 6.54 Å². The van der Waals surface area contributed by atoms with Crippen LogP contribution in [-0.4, -0.2) is 36.3 Å². The third-order valence-corrected chi connectivity index (χ3v) is 1.52. The molecule has 1 amide bonds. The molecule has 1 saturated heterocycles. The summed E-state index contributed by atoms with van der Waals surface area (Å²) in [7, 11) is 0. The number of alkyl halides is 2. The minimum atomic E-state index is -2.96. The normalized spacial score (nSPS) is 28.4. The summed E-state index contributed by atoms with van der Waals surface area (Å²) in [6.07, 6.45) is -1.42. The summed E-state index contributed by atoms with van der Waals surface area (Å²) < 4.78 is 25.2. The zero-order chi connectivity index (χ0) is 8.48. The van der Waals surface area contributed by atoms with E-state index in [1.165, 1.54) is 0 Å². The largest absolute Gasteiger partial charge is 0.465 e. The zero-order valence-corrected chi connectivity index (χ0v) is 5.60. The van der Waals surface area contributed by atoms with Gasteiger partial charge in [-0.3, -0.25) is 0 Å². The molecule has 1 fully saturated rings. The minimum Gasteiger partial charge on any atom is -0.465 e. The van der Waals surface area contributed by atoms with E-state index in [2.05, 4.69) is 5.32 Å². The van der Waals surface area contributed by atoms with Gasteiger partial charge in [0, 0.05) is 6.54 Å². The van der Waals surface area contributed by atoms with Gasteiger partial charge in [-0.15, -0.1) is 0 Å². The Labute approximate surface area is 61.6 Å². The lowest BCUT2D eigenvalue weighted by atomic mass is 10.2. The highest BCUT2D eigenvalue weighted by Gasteiger charge is 2.44. The Morgan fingerprint density at radius 1 is 1.73 bits per heavy atom. The molecule has 1 atom stereocenters. The van der Waals surface area contributed by atoms with Gasteiger partial charge in [-0.1, -0.05) is 0 Å². The molecule has 1 rings (SSSR count). The standard InChI is InChI=1S/C5H8F2N2O2/c6-5(7)2-8-1-3(5)9-4(10)11/h3,8-9H,1-2H2,(H,10,11). The maximum atomic E-state index is 12.6. The average Bonchev–Trinajstić information content (AvgIpc) is 2.10. The van der Waals surface area contributed by atoms with Crippen molar-refractivity contribution in [1.29, 1.82) is 0 Å². The Morgan fingerprint density at radius 2 is 2.36 bits per heavy atom. The molecule has 64 valence electrons. The van der Waals surface area contributed by atoms with Crippen LogP contribution in [0.15, 0.2) is 0 Å². The second kappa shape index (κ2) is 2.61. The van der Waals surface area contributed by atoms with E-state index in [1.54, 1.807) is 5.32 Å². The molecule has 1 aliphatic heterocycles. The molecule has 0 radical (unpaired) electrons. The van der Waals surface area contributed by atoms with Gasteiger partial charge in [0.2, 0.25) is 0 Å². The van der Waals surface area contributed by atoms with Gasteiger partial charge in [-0.2, -0.15) is 0 Å². The highest BCUT2D eigenvalue weighted by Crippen LogP contribution is 2.21. The number of amides is 1. The Morgan fingerprint density at radius 3 is 2.73 bits per heavy atom. The number of rotatable bonds is 1. The molecule has 4 nitrogen and oxygen atoms in total. The zero-order valence-electron chi connectivity index (χ0n) is 5.60. The first-order valence-corrected chi connectivity index (χ1v) is 3.10. The molecule has 1 aliphatic rings. The molecule has 0 spiro atoms.